The van der Waals surface area contributed by atoms with E-state index >= 15 is 0 Å². The summed E-state index contributed by atoms with van der Waals surface area (Å²) in [6.45, 7) is 1.03. The molecule has 0 fully saturated rings. The molecule has 1 unspecified atom stereocenters. The van der Waals surface area contributed by atoms with Gasteiger partial charge in [-0.15, -0.1) is 11.8 Å². The molecule has 0 saturated heterocycles. The van der Waals surface area contributed by atoms with Crippen LogP contribution in [0.1, 0.15) is 28.2 Å². The second-order valence-corrected chi connectivity index (χ2v) is 6.65. The molecular formula is C19H21NS. The van der Waals surface area contributed by atoms with Crippen molar-refractivity contribution >= 4 is 23.9 Å². The summed E-state index contributed by atoms with van der Waals surface area (Å²) in [5, 5.41) is 0. The lowest BCUT2D eigenvalue weighted by Crippen LogP contribution is -2.22. The van der Waals surface area contributed by atoms with Gasteiger partial charge in [-0.3, -0.25) is 0 Å². The minimum atomic E-state index is 0.424. The van der Waals surface area contributed by atoms with Gasteiger partial charge >= 0.3 is 0 Å². The Hall–Kier alpha value is -1.51. The molecule has 0 aliphatic heterocycles. The lowest BCUT2D eigenvalue weighted by atomic mass is 9.87. The quantitative estimate of drug-likeness (QED) is 0.762. The Morgan fingerprint density at radius 2 is 1.67 bits per heavy atom. The van der Waals surface area contributed by atoms with Gasteiger partial charge in [0.25, 0.3) is 0 Å². The summed E-state index contributed by atoms with van der Waals surface area (Å²) >= 11 is 1.81. The number of likely N-dealkylation sites (N-methyl/N-ethyl adjacent to an activating group) is 1. The monoisotopic (exact) mass is 295 g/mol. The van der Waals surface area contributed by atoms with Gasteiger partial charge in [0.2, 0.25) is 0 Å². The highest BCUT2D eigenvalue weighted by Gasteiger charge is 2.22. The number of hydrogen-bond acceptors (Lipinski definition) is 2. The molecule has 21 heavy (non-hydrogen) atoms. The zero-order valence-corrected chi connectivity index (χ0v) is 13.7. The fourth-order valence-corrected chi connectivity index (χ4v) is 3.47. The molecule has 2 heteroatoms. The van der Waals surface area contributed by atoms with Crippen LogP contribution >= 0.6 is 11.8 Å². The molecule has 0 spiro atoms. The van der Waals surface area contributed by atoms with Gasteiger partial charge in [-0.1, -0.05) is 42.5 Å². The maximum Gasteiger partial charge on any atom is 0.0229 e. The van der Waals surface area contributed by atoms with Gasteiger partial charge < -0.3 is 4.90 Å². The average molecular weight is 295 g/mol. The number of nitrogens with zero attached hydrogens (tertiary/aromatic N) is 1. The smallest absolute Gasteiger partial charge is 0.0229 e. The Bertz CT molecular complexity index is 673. The van der Waals surface area contributed by atoms with Crippen LogP contribution in [0.5, 0.6) is 0 Å². The number of rotatable bonds is 3. The predicted molar refractivity (Wildman–Crippen MR) is 94.0 cm³/mol. The van der Waals surface area contributed by atoms with Crippen molar-refractivity contribution < 1.29 is 0 Å². The summed E-state index contributed by atoms with van der Waals surface area (Å²) in [6.07, 6.45) is 6.65. The lowest BCUT2D eigenvalue weighted by molar-refractivity contribution is 0.391. The standard InChI is InChI=1S/C19H21NS/c1-20(2)13-19-17-7-5-4-6-14(17)8-9-15-10-11-16(21-3)12-18(15)19/h4-12,19H,13H2,1-3H3. The molecule has 1 nitrogen and oxygen atoms in total. The van der Waals surface area contributed by atoms with Gasteiger partial charge in [-0.2, -0.15) is 0 Å². The van der Waals surface area contributed by atoms with Gasteiger partial charge in [-0.25, -0.2) is 0 Å². The Morgan fingerprint density at radius 1 is 0.952 bits per heavy atom. The minimum absolute atomic E-state index is 0.424. The third-order valence-corrected chi connectivity index (χ3v) is 4.76. The van der Waals surface area contributed by atoms with Crippen LogP contribution in [0.15, 0.2) is 47.4 Å². The molecule has 0 N–H and O–H groups in total. The Kier molecular flexibility index (Phi) is 4.18. The Labute approximate surface area is 131 Å². The molecule has 0 bridgehead atoms. The highest BCUT2D eigenvalue weighted by atomic mass is 32.2. The fourth-order valence-electron chi connectivity index (χ4n) is 3.02. The first kappa shape index (κ1) is 14.4. The van der Waals surface area contributed by atoms with Crippen LogP contribution in [-0.4, -0.2) is 31.8 Å². The van der Waals surface area contributed by atoms with Crippen LogP contribution in [-0.2, 0) is 0 Å². The molecule has 0 aromatic heterocycles. The molecule has 1 aliphatic carbocycles. The van der Waals surface area contributed by atoms with Crippen LogP contribution in [0, 0.1) is 0 Å². The summed E-state index contributed by atoms with van der Waals surface area (Å²) in [5.41, 5.74) is 5.55. The number of benzene rings is 2. The van der Waals surface area contributed by atoms with Crippen LogP contribution in [0.3, 0.4) is 0 Å². The van der Waals surface area contributed by atoms with E-state index in [2.05, 4.69) is 79.9 Å². The molecule has 2 aromatic carbocycles. The van der Waals surface area contributed by atoms with E-state index in [0.29, 0.717) is 5.92 Å². The number of hydrogen-bond donors (Lipinski definition) is 0. The summed E-state index contributed by atoms with van der Waals surface area (Å²) in [7, 11) is 4.30. The van der Waals surface area contributed by atoms with E-state index in [4.69, 9.17) is 0 Å². The maximum atomic E-state index is 2.36. The summed E-state index contributed by atoms with van der Waals surface area (Å²) in [4.78, 5) is 3.62. The van der Waals surface area contributed by atoms with E-state index in [1.807, 2.05) is 11.8 Å². The SMILES string of the molecule is CSc1ccc2c(c1)C(CN(C)C)c1ccccc1C=C2. The van der Waals surface area contributed by atoms with E-state index in [1.165, 1.54) is 27.1 Å². The predicted octanol–water partition coefficient (Wildman–Crippen LogP) is 4.59. The van der Waals surface area contributed by atoms with Crippen molar-refractivity contribution in [2.24, 2.45) is 0 Å². The Morgan fingerprint density at radius 3 is 2.38 bits per heavy atom. The van der Waals surface area contributed by atoms with Crippen molar-refractivity contribution in [1.82, 2.24) is 4.90 Å². The lowest BCUT2D eigenvalue weighted by Gasteiger charge is -2.24. The summed E-state index contributed by atoms with van der Waals surface area (Å²) < 4.78 is 0. The van der Waals surface area contributed by atoms with Gasteiger partial charge in [0.05, 0.1) is 0 Å². The van der Waals surface area contributed by atoms with E-state index in [0.717, 1.165) is 6.54 Å². The highest BCUT2D eigenvalue weighted by Crippen LogP contribution is 2.36. The van der Waals surface area contributed by atoms with Crippen molar-refractivity contribution in [2.45, 2.75) is 10.8 Å². The van der Waals surface area contributed by atoms with Crippen molar-refractivity contribution in [1.29, 1.82) is 0 Å². The molecule has 1 atom stereocenters. The molecular weight excluding hydrogens is 274 g/mol. The Balaban J connectivity index is 2.18. The van der Waals surface area contributed by atoms with E-state index < -0.39 is 0 Å². The second kappa shape index (κ2) is 6.08. The number of thioether (sulfide) groups is 1. The maximum absolute atomic E-state index is 2.36. The third-order valence-electron chi connectivity index (χ3n) is 4.03. The highest BCUT2D eigenvalue weighted by molar-refractivity contribution is 7.98. The van der Waals surface area contributed by atoms with Gasteiger partial charge in [0.15, 0.2) is 0 Å². The zero-order chi connectivity index (χ0) is 14.8. The normalized spacial score (nSPS) is 16.5. The van der Waals surface area contributed by atoms with Crippen LogP contribution in [0.2, 0.25) is 0 Å². The second-order valence-electron chi connectivity index (χ2n) is 5.77. The zero-order valence-electron chi connectivity index (χ0n) is 12.8. The topological polar surface area (TPSA) is 3.24 Å². The first-order valence-electron chi connectivity index (χ1n) is 7.28. The fraction of sp³-hybridized carbons (Fsp3) is 0.263. The molecule has 0 saturated carbocycles. The molecule has 108 valence electrons. The van der Waals surface area contributed by atoms with Gasteiger partial charge in [0.1, 0.15) is 0 Å². The largest absolute Gasteiger partial charge is 0.308 e. The average Bonchev–Trinajstić information content (AvgIpc) is 2.64. The molecule has 0 radical (unpaired) electrons. The van der Waals surface area contributed by atoms with Crippen molar-refractivity contribution in [3.63, 3.8) is 0 Å². The molecule has 2 aromatic rings. The first-order chi connectivity index (χ1) is 10.2. The molecule has 3 rings (SSSR count). The van der Waals surface area contributed by atoms with Gasteiger partial charge in [-0.05, 0) is 54.7 Å². The molecule has 1 aliphatic rings. The molecule has 0 amide bonds. The van der Waals surface area contributed by atoms with Crippen molar-refractivity contribution in [3.8, 4) is 0 Å². The van der Waals surface area contributed by atoms with E-state index in [1.54, 1.807) is 0 Å². The van der Waals surface area contributed by atoms with E-state index in [9.17, 15) is 0 Å². The first-order valence-corrected chi connectivity index (χ1v) is 8.51. The van der Waals surface area contributed by atoms with E-state index in [-0.39, 0.29) is 0 Å². The minimum Gasteiger partial charge on any atom is -0.308 e. The van der Waals surface area contributed by atoms with Crippen LogP contribution in [0.25, 0.3) is 12.2 Å². The number of fused-ring (bicyclic) bond motifs is 2. The van der Waals surface area contributed by atoms with Crippen LogP contribution in [0.4, 0.5) is 0 Å². The molecule has 0 heterocycles. The van der Waals surface area contributed by atoms with Crippen LogP contribution < -0.4 is 0 Å². The third kappa shape index (κ3) is 2.92. The van der Waals surface area contributed by atoms with Crippen molar-refractivity contribution in [2.75, 3.05) is 26.9 Å². The summed E-state index contributed by atoms with van der Waals surface area (Å²) in [5.74, 6) is 0.424. The summed E-state index contributed by atoms with van der Waals surface area (Å²) in [6, 6.07) is 15.6. The van der Waals surface area contributed by atoms with Crippen molar-refractivity contribution in [3.05, 3.63) is 64.7 Å². The van der Waals surface area contributed by atoms with Gasteiger partial charge in [0, 0.05) is 17.4 Å².